The van der Waals surface area contributed by atoms with Crippen molar-refractivity contribution in [2.45, 2.75) is 78.2 Å². The molecule has 0 spiro atoms. The Labute approximate surface area is 155 Å². The Morgan fingerprint density at radius 2 is 1.88 bits per heavy atom. The van der Waals surface area contributed by atoms with Crippen LogP contribution in [0, 0.1) is 28.6 Å². The maximum atomic E-state index is 12.4. The highest BCUT2D eigenvalue weighted by molar-refractivity contribution is 5.98. The van der Waals surface area contributed by atoms with E-state index in [0.29, 0.717) is 30.6 Å². The first-order valence-electron chi connectivity index (χ1n) is 10.2. The van der Waals surface area contributed by atoms with Crippen molar-refractivity contribution in [1.29, 1.82) is 0 Å². The van der Waals surface area contributed by atoms with E-state index in [1.54, 1.807) is 0 Å². The van der Waals surface area contributed by atoms with Gasteiger partial charge in [-0.15, -0.1) is 0 Å². The average molecular weight is 358 g/mol. The molecule has 0 aromatic rings. The number of esters is 1. The molecule has 0 saturated heterocycles. The van der Waals surface area contributed by atoms with Gasteiger partial charge in [-0.25, -0.2) is 0 Å². The number of carbonyl (C=O) groups is 3. The van der Waals surface area contributed by atoms with Gasteiger partial charge in [0.25, 0.3) is 0 Å². The van der Waals surface area contributed by atoms with Crippen molar-refractivity contribution in [2.24, 2.45) is 28.6 Å². The predicted molar refractivity (Wildman–Crippen MR) is 97.3 cm³/mol. The van der Waals surface area contributed by atoms with Gasteiger partial charge in [0.1, 0.15) is 12.4 Å². The van der Waals surface area contributed by atoms with Gasteiger partial charge < -0.3 is 9.53 Å². The Balaban J connectivity index is 1.69. The topological polar surface area (TPSA) is 60.4 Å². The van der Waals surface area contributed by atoms with E-state index in [0.717, 1.165) is 49.7 Å². The summed E-state index contributed by atoms with van der Waals surface area (Å²) >= 11 is 0. The van der Waals surface area contributed by atoms with E-state index >= 15 is 0 Å². The molecule has 1 unspecified atom stereocenters. The minimum atomic E-state index is -0.415. The number of ether oxygens (including phenoxy) is 1. The molecule has 0 aromatic heterocycles. The lowest BCUT2D eigenvalue weighted by molar-refractivity contribution is -0.157. The Kier molecular flexibility index (Phi) is 4.16. The number of ketones is 1. The van der Waals surface area contributed by atoms with Crippen LogP contribution in [0.2, 0.25) is 0 Å². The van der Waals surface area contributed by atoms with E-state index in [1.165, 1.54) is 13.2 Å². The van der Waals surface area contributed by atoms with Gasteiger partial charge in [0.05, 0.1) is 5.41 Å². The first-order chi connectivity index (χ1) is 12.3. The summed E-state index contributed by atoms with van der Waals surface area (Å²) < 4.78 is 5.69. The van der Waals surface area contributed by atoms with E-state index in [-0.39, 0.29) is 23.3 Å². The monoisotopic (exact) mass is 358 g/mol. The maximum absolute atomic E-state index is 12.4. The van der Waals surface area contributed by atoms with Crippen molar-refractivity contribution in [3.63, 3.8) is 0 Å². The van der Waals surface area contributed by atoms with E-state index in [9.17, 15) is 14.4 Å². The summed E-state index contributed by atoms with van der Waals surface area (Å²) in [5.41, 5.74) is 1.63. The van der Waals surface area contributed by atoms with E-state index in [4.69, 9.17) is 4.74 Å². The van der Waals surface area contributed by atoms with Crippen molar-refractivity contribution in [2.75, 3.05) is 0 Å². The molecule has 0 amide bonds. The molecule has 3 fully saturated rings. The molecule has 4 aliphatic carbocycles. The van der Waals surface area contributed by atoms with Crippen LogP contribution in [0.25, 0.3) is 0 Å². The predicted octanol–water partition coefficient (Wildman–Crippen LogP) is 4.02. The van der Waals surface area contributed by atoms with Crippen molar-refractivity contribution in [3.05, 3.63) is 11.1 Å². The Morgan fingerprint density at radius 1 is 1.12 bits per heavy atom. The third-order valence-electron chi connectivity index (χ3n) is 8.46. The summed E-state index contributed by atoms with van der Waals surface area (Å²) in [7, 11) is 0. The summed E-state index contributed by atoms with van der Waals surface area (Å²) in [6.45, 7) is 5.72. The molecular weight excluding hydrogens is 328 g/mol. The smallest absolute Gasteiger partial charge is 0.302 e. The zero-order valence-electron chi connectivity index (χ0n) is 16.2. The first kappa shape index (κ1) is 17.9. The molecule has 0 bridgehead atoms. The fourth-order valence-electron chi connectivity index (χ4n) is 7.21. The molecule has 0 radical (unpaired) electrons. The lowest BCUT2D eigenvalue weighted by Gasteiger charge is -2.57. The number of allylic oxidation sites excluding steroid dienone is 1. The second-order valence-corrected chi connectivity index (χ2v) is 9.32. The number of Topliss-reactive ketones (excluding diaryl/α,β-unsaturated/α-hetero) is 1. The van der Waals surface area contributed by atoms with Crippen LogP contribution in [0.1, 0.15) is 72.1 Å². The summed E-state index contributed by atoms with van der Waals surface area (Å²) in [6, 6.07) is 0. The molecule has 4 aliphatic rings. The molecule has 3 saturated carbocycles. The van der Waals surface area contributed by atoms with Crippen molar-refractivity contribution in [3.8, 4) is 0 Å². The van der Waals surface area contributed by atoms with Crippen molar-refractivity contribution >= 4 is 18.0 Å². The van der Waals surface area contributed by atoms with Crippen LogP contribution in [-0.4, -0.2) is 24.1 Å². The summed E-state index contributed by atoms with van der Waals surface area (Å²) in [5.74, 6) is 1.41. The van der Waals surface area contributed by atoms with E-state index in [1.807, 2.05) is 6.92 Å². The van der Waals surface area contributed by atoms with Gasteiger partial charge in [0.15, 0.2) is 5.78 Å². The molecule has 4 heteroatoms. The quantitative estimate of drug-likeness (QED) is 0.552. The molecule has 0 heterocycles. The number of hydrogen-bond acceptors (Lipinski definition) is 4. The lowest BCUT2D eigenvalue weighted by atomic mass is 9.46. The number of carbonyl (C=O) groups excluding carboxylic acids is 3. The largest absolute Gasteiger partial charge is 0.462 e. The van der Waals surface area contributed by atoms with E-state index < -0.39 is 5.41 Å². The molecule has 0 N–H and O–H groups in total. The van der Waals surface area contributed by atoms with Gasteiger partial charge in [-0.2, -0.15) is 0 Å². The molecule has 0 aliphatic heterocycles. The second kappa shape index (κ2) is 6.03. The number of fused-ring (bicyclic) bond motifs is 5. The maximum Gasteiger partial charge on any atom is 0.302 e. The molecular formula is C22H30O4. The third-order valence-corrected chi connectivity index (χ3v) is 8.46. The highest BCUT2D eigenvalue weighted by Gasteiger charge is 2.61. The van der Waals surface area contributed by atoms with Crippen LogP contribution in [0.15, 0.2) is 11.1 Å². The van der Waals surface area contributed by atoms with Crippen LogP contribution in [0.3, 0.4) is 0 Å². The molecule has 4 nitrogen and oxygen atoms in total. The minimum absolute atomic E-state index is 0.0183. The molecule has 26 heavy (non-hydrogen) atoms. The van der Waals surface area contributed by atoms with Crippen LogP contribution in [0.5, 0.6) is 0 Å². The third kappa shape index (κ3) is 2.30. The Morgan fingerprint density at radius 3 is 2.58 bits per heavy atom. The summed E-state index contributed by atoms with van der Waals surface area (Å²) in [6.07, 6.45) is 8.39. The average Bonchev–Trinajstić information content (AvgIpc) is 2.94. The van der Waals surface area contributed by atoms with Gasteiger partial charge >= 0.3 is 5.97 Å². The number of hydrogen-bond donors (Lipinski definition) is 0. The van der Waals surface area contributed by atoms with Gasteiger partial charge in [-0.05, 0) is 75.2 Å². The Hall–Kier alpha value is -1.45. The zero-order chi connectivity index (χ0) is 18.7. The number of aldehydes is 1. The number of rotatable bonds is 2. The minimum Gasteiger partial charge on any atom is -0.462 e. The summed E-state index contributed by atoms with van der Waals surface area (Å²) in [4.78, 5) is 36.2. The highest BCUT2D eigenvalue weighted by atomic mass is 16.5. The second-order valence-electron chi connectivity index (χ2n) is 9.32. The van der Waals surface area contributed by atoms with Crippen molar-refractivity contribution < 1.29 is 19.1 Å². The normalized spacial score (nSPS) is 44.8. The molecule has 0 aromatic carbocycles. The van der Waals surface area contributed by atoms with Crippen LogP contribution < -0.4 is 0 Å². The van der Waals surface area contributed by atoms with Crippen LogP contribution in [0.4, 0.5) is 0 Å². The molecule has 142 valence electrons. The van der Waals surface area contributed by atoms with E-state index in [2.05, 4.69) is 6.92 Å². The fourth-order valence-corrected chi connectivity index (χ4v) is 7.21. The van der Waals surface area contributed by atoms with Crippen LogP contribution >= 0.6 is 0 Å². The van der Waals surface area contributed by atoms with Crippen molar-refractivity contribution in [1.82, 2.24) is 0 Å². The van der Waals surface area contributed by atoms with Gasteiger partial charge in [-0.1, -0.05) is 12.5 Å². The van der Waals surface area contributed by atoms with Gasteiger partial charge in [0.2, 0.25) is 0 Å². The SMILES string of the molecule is CC(=O)OC1CC[C@H]2[C@@H]3CCC4=C(C)C(=O)CC[C@]4(C=O)[C@H]3CC[C@]12C. The Bertz CT molecular complexity index is 692. The molecule has 4 rings (SSSR count). The van der Waals surface area contributed by atoms with Gasteiger partial charge in [0, 0.05) is 18.8 Å². The van der Waals surface area contributed by atoms with Gasteiger partial charge in [-0.3, -0.25) is 9.59 Å². The lowest BCUT2D eigenvalue weighted by Crippen LogP contribution is -2.53. The standard InChI is InChI=1S/C22H30O4/c1-13-16-5-4-15-17-6-7-20(26-14(2)24)21(17,3)10-8-18(15)22(16,12-23)11-9-19(13)25/h12,15,17-18,20H,4-11H2,1-3H3/t15-,17-,18-,20?,21-,22+/m0/s1. The summed E-state index contributed by atoms with van der Waals surface area (Å²) in [5, 5.41) is 0. The zero-order valence-corrected chi connectivity index (χ0v) is 16.2. The fraction of sp³-hybridized carbons (Fsp3) is 0.773. The molecule has 6 atom stereocenters. The van der Waals surface area contributed by atoms with Crippen LogP contribution in [-0.2, 0) is 19.1 Å². The first-order valence-corrected chi connectivity index (χ1v) is 10.2. The highest BCUT2D eigenvalue weighted by Crippen LogP contribution is 2.65.